The van der Waals surface area contributed by atoms with Crippen LogP contribution in [0.5, 0.6) is 0 Å². The number of fused-ring (bicyclic) bond motifs is 1. The van der Waals surface area contributed by atoms with Crippen LogP contribution in [-0.4, -0.2) is 19.3 Å². The molecule has 1 N–H and O–H groups in total. The number of benzene rings is 1. The van der Waals surface area contributed by atoms with E-state index in [4.69, 9.17) is 9.15 Å². The highest BCUT2D eigenvalue weighted by Crippen LogP contribution is 2.18. The molecule has 0 saturated heterocycles. The molecule has 92 valence electrons. The van der Waals surface area contributed by atoms with Crippen LogP contribution in [-0.2, 0) is 11.3 Å². The fourth-order valence-corrected chi connectivity index (χ4v) is 1.75. The van der Waals surface area contributed by atoms with Crippen LogP contribution in [0, 0.1) is 0 Å². The van der Waals surface area contributed by atoms with Crippen molar-refractivity contribution >= 4 is 11.0 Å². The minimum atomic E-state index is 0.336. The number of ether oxygens (including phenoxy) is 1. The second-order valence-electron chi connectivity index (χ2n) is 4.19. The molecule has 1 heterocycles. The van der Waals surface area contributed by atoms with Crippen molar-refractivity contribution in [2.75, 3.05) is 13.2 Å². The van der Waals surface area contributed by atoms with Gasteiger partial charge in [-0.05, 0) is 26.0 Å². The van der Waals surface area contributed by atoms with Crippen LogP contribution in [0.25, 0.3) is 11.0 Å². The van der Waals surface area contributed by atoms with Gasteiger partial charge in [-0.1, -0.05) is 18.2 Å². The average Bonchev–Trinajstić information content (AvgIpc) is 2.76. The van der Waals surface area contributed by atoms with E-state index in [1.54, 1.807) is 0 Å². The Balaban J connectivity index is 1.90. The maximum atomic E-state index is 5.72. The molecule has 0 bridgehead atoms. The van der Waals surface area contributed by atoms with E-state index in [1.807, 2.05) is 25.1 Å². The predicted molar refractivity (Wildman–Crippen MR) is 69.0 cm³/mol. The summed E-state index contributed by atoms with van der Waals surface area (Å²) in [5.41, 5.74) is 0.946. The largest absolute Gasteiger partial charge is 0.460 e. The lowest BCUT2D eigenvalue weighted by Crippen LogP contribution is -2.29. The Labute approximate surface area is 102 Å². The zero-order valence-corrected chi connectivity index (χ0v) is 10.4. The molecule has 17 heavy (non-hydrogen) atoms. The van der Waals surface area contributed by atoms with E-state index >= 15 is 0 Å². The summed E-state index contributed by atoms with van der Waals surface area (Å²) in [5.74, 6) is 0.967. The highest BCUT2D eigenvalue weighted by molar-refractivity contribution is 5.77. The number of nitrogens with one attached hydrogen (secondary N) is 1. The molecule has 0 aliphatic rings. The highest BCUT2D eigenvalue weighted by Gasteiger charge is 2.05. The third-order valence-electron chi connectivity index (χ3n) is 2.67. The van der Waals surface area contributed by atoms with Gasteiger partial charge in [-0.2, -0.15) is 0 Å². The first-order valence-electron chi connectivity index (χ1n) is 6.08. The molecule has 1 atom stereocenters. The summed E-state index contributed by atoms with van der Waals surface area (Å²) in [7, 11) is 0. The zero-order valence-electron chi connectivity index (χ0n) is 10.4. The lowest BCUT2D eigenvalue weighted by molar-refractivity contribution is 0.126. The van der Waals surface area contributed by atoms with Crippen molar-refractivity contribution < 1.29 is 9.15 Å². The first-order chi connectivity index (χ1) is 8.29. The van der Waals surface area contributed by atoms with E-state index in [2.05, 4.69) is 24.4 Å². The Hall–Kier alpha value is -1.32. The van der Waals surface area contributed by atoms with Crippen LogP contribution >= 0.6 is 0 Å². The number of para-hydroxylation sites is 1. The fraction of sp³-hybridized carbons (Fsp3) is 0.429. The summed E-state index contributed by atoms with van der Waals surface area (Å²) in [6, 6.07) is 10.5. The van der Waals surface area contributed by atoms with E-state index in [0.717, 1.165) is 36.5 Å². The van der Waals surface area contributed by atoms with Crippen LogP contribution < -0.4 is 5.32 Å². The SMILES string of the molecule is CCOCC(C)NCc1cc2ccccc2o1. The lowest BCUT2D eigenvalue weighted by Gasteiger charge is -2.11. The molecule has 1 unspecified atom stereocenters. The van der Waals surface area contributed by atoms with Crippen LogP contribution in [0.1, 0.15) is 19.6 Å². The van der Waals surface area contributed by atoms with E-state index in [0.29, 0.717) is 6.04 Å². The maximum absolute atomic E-state index is 5.72. The van der Waals surface area contributed by atoms with Crippen LogP contribution in [0.2, 0.25) is 0 Å². The quantitative estimate of drug-likeness (QED) is 0.833. The van der Waals surface area contributed by atoms with E-state index in [-0.39, 0.29) is 0 Å². The number of furan rings is 1. The minimum absolute atomic E-state index is 0.336. The lowest BCUT2D eigenvalue weighted by atomic mass is 10.2. The van der Waals surface area contributed by atoms with Crippen molar-refractivity contribution in [2.24, 2.45) is 0 Å². The molecule has 2 aromatic rings. The van der Waals surface area contributed by atoms with Crippen LogP contribution in [0.3, 0.4) is 0 Å². The molecule has 0 spiro atoms. The number of hydrogen-bond donors (Lipinski definition) is 1. The van der Waals surface area contributed by atoms with Crippen molar-refractivity contribution in [3.63, 3.8) is 0 Å². The molecule has 3 nitrogen and oxygen atoms in total. The van der Waals surface area contributed by atoms with E-state index in [1.165, 1.54) is 0 Å². The molecule has 1 aromatic carbocycles. The topological polar surface area (TPSA) is 34.4 Å². The Morgan fingerprint density at radius 2 is 2.18 bits per heavy atom. The van der Waals surface area contributed by atoms with Gasteiger partial charge >= 0.3 is 0 Å². The molecule has 2 rings (SSSR count). The van der Waals surface area contributed by atoms with Crippen LogP contribution in [0.4, 0.5) is 0 Å². The van der Waals surface area contributed by atoms with Gasteiger partial charge in [-0.25, -0.2) is 0 Å². The van der Waals surface area contributed by atoms with Crippen molar-refractivity contribution in [2.45, 2.75) is 26.4 Å². The highest BCUT2D eigenvalue weighted by atomic mass is 16.5. The molecule has 0 radical (unpaired) electrons. The summed E-state index contributed by atoms with van der Waals surface area (Å²) in [4.78, 5) is 0. The molecular formula is C14H19NO2. The second kappa shape index (κ2) is 5.84. The zero-order chi connectivity index (χ0) is 12.1. The first kappa shape index (κ1) is 12.1. The summed E-state index contributed by atoms with van der Waals surface area (Å²) in [6.45, 7) is 6.35. The standard InChI is InChI=1S/C14H19NO2/c1-3-16-10-11(2)15-9-13-8-12-6-4-5-7-14(12)17-13/h4-8,11,15H,3,9-10H2,1-2H3. The maximum Gasteiger partial charge on any atom is 0.134 e. The normalized spacial score (nSPS) is 13.1. The van der Waals surface area contributed by atoms with Crippen molar-refractivity contribution in [1.82, 2.24) is 5.32 Å². The van der Waals surface area contributed by atoms with Gasteiger partial charge in [-0.15, -0.1) is 0 Å². The van der Waals surface area contributed by atoms with Gasteiger partial charge in [0.1, 0.15) is 11.3 Å². The summed E-state index contributed by atoms with van der Waals surface area (Å²) in [5, 5.41) is 4.53. The molecule has 0 aliphatic heterocycles. The van der Waals surface area contributed by atoms with Crippen LogP contribution in [0.15, 0.2) is 34.7 Å². The fourth-order valence-electron chi connectivity index (χ4n) is 1.75. The van der Waals surface area contributed by atoms with Gasteiger partial charge in [0.25, 0.3) is 0 Å². The summed E-state index contributed by atoms with van der Waals surface area (Å²) < 4.78 is 11.1. The third-order valence-corrected chi connectivity index (χ3v) is 2.67. The van der Waals surface area contributed by atoms with Gasteiger partial charge in [-0.3, -0.25) is 0 Å². The van der Waals surface area contributed by atoms with E-state index in [9.17, 15) is 0 Å². The molecule has 3 heteroatoms. The predicted octanol–water partition coefficient (Wildman–Crippen LogP) is 2.95. The Bertz CT molecular complexity index is 431. The van der Waals surface area contributed by atoms with Crippen molar-refractivity contribution in [3.05, 3.63) is 36.1 Å². The molecular weight excluding hydrogens is 214 g/mol. The van der Waals surface area contributed by atoms with Crippen molar-refractivity contribution in [3.8, 4) is 0 Å². The summed E-state index contributed by atoms with van der Waals surface area (Å²) in [6.07, 6.45) is 0. The number of hydrogen-bond acceptors (Lipinski definition) is 3. The van der Waals surface area contributed by atoms with Gasteiger partial charge in [0.15, 0.2) is 0 Å². The monoisotopic (exact) mass is 233 g/mol. The second-order valence-corrected chi connectivity index (χ2v) is 4.19. The minimum Gasteiger partial charge on any atom is -0.460 e. The molecule has 0 amide bonds. The van der Waals surface area contributed by atoms with Crippen molar-refractivity contribution in [1.29, 1.82) is 0 Å². The van der Waals surface area contributed by atoms with Gasteiger partial charge in [0.2, 0.25) is 0 Å². The summed E-state index contributed by atoms with van der Waals surface area (Å²) >= 11 is 0. The number of rotatable bonds is 6. The third kappa shape index (κ3) is 3.32. The molecule has 0 fully saturated rings. The van der Waals surface area contributed by atoms with Gasteiger partial charge in [0.05, 0.1) is 13.2 Å². The molecule has 1 aromatic heterocycles. The molecule has 0 saturated carbocycles. The molecule has 0 aliphatic carbocycles. The first-order valence-corrected chi connectivity index (χ1v) is 6.08. The van der Waals surface area contributed by atoms with E-state index < -0.39 is 0 Å². The Morgan fingerprint density at radius 3 is 2.94 bits per heavy atom. The Kier molecular flexibility index (Phi) is 4.18. The van der Waals surface area contributed by atoms with Gasteiger partial charge < -0.3 is 14.5 Å². The average molecular weight is 233 g/mol. The smallest absolute Gasteiger partial charge is 0.134 e. The Morgan fingerprint density at radius 1 is 1.35 bits per heavy atom. The van der Waals surface area contributed by atoms with Gasteiger partial charge in [0, 0.05) is 18.0 Å².